The zero-order valence-electron chi connectivity index (χ0n) is 12.7. The summed E-state index contributed by atoms with van der Waals surface area (Å²) in [5.74, 6) is 0.460. The van der Waals surface area contributed by atoms with Gasteiger partial charge in [-0.05, 0) is 36.6 Å². The Hall–Kier alpha value is -1.64. The van der Waals surface area contributed by atoms with Gasteiger partial charge in [-0.2, -0.15) is 0 Å². The van der Waals surface area contributed by atoms with Gasteiger partial charge < -0.3 is 10.6 Å². The molecule has 2 N–H and O–H groups in total. The molecule has 1 heterocycles. The fraction of sp³-hybridized carbons (Fsp3) is 0.368. The van der Waals surface area contributed by atoms with Crippen LogP contribution in [0.2, 0.25) is 0 Å². The van der Waals surface area contributed by atoms with Gasteiger partial charge in [0.05, 0.1) is 5.54 Å². The van der Waals surface area contributed by atoms with Gasteiger partial charge in [0, 0.05) is 6.54 Å². The molecule has 0 saturated carbocycles. The normalized spacial score (nSPS) is 19.8. The van der Waals surface area contributed by atoms with Gasteiger partial charge in [0.25, 0.3) is 0 Å². The van der Waals surface area contributed by atoms with Crippen LogP contribution in [-0.2, 0) is 5.54 Å². The van der Waals surface area contributed by atoms with Crippen LogP contribution in [0, 0.1) is 5.92 Å². The Labute approximate surface area is 127 Å². The van der Waals surface area contributed by atoms with Crippen molar-refractivity contribution in [2.45, 2.75) is 18.9 Å². The molecule has 1 saturated heterocycles. The topological polar surface area (TPSA) is 29.3 Å². The number of nitrogens with two attached hydrogens (primary N) is 1. The first-order chi connectivity index (χ1) is 10.2. The first-order valence-corrected chi connectivity index (χ1v) is 7.87. The Bertz CT molecular complexity index is 525. The second-order valence-electron chi connectivity index (χ2n) is 5.98. The highest BCUT2D eigenvalue weighted by Gasteiger charge is 2.41. The van der Waals surface area contributed by atoms with Crippen LogP contribution in [0.4, 0.5) is 0 Å². The molecular formula is C19H24N2. The highest BCUT2D eigenvalue weighted by molar-refractivity contribution is 5.39. The van der Waals surface area contributed by atoms with E-state index in [9.17, 15) is 0 Å². The summed E-state index contributed by atoms with van der Waals surface area (Å²) in [6.45, 7) is 5.57. The van der Waals surface area contributed by atoms with E-state index < -0.39 is 5.54 Å². The van der Waals surface area contributed by atoms with Crippen LogP contribution >= 0.6 is 0 Å². The van der Waals surface area contributed by atoms with Gasteiger partial charge in [0.15, 0.2) is 0 Å². The van der Waals surface area contributed by atoms with Crippen LogP contribution in [0.3, 0.4) is 0 Å². The van der Waals surface area contributed by atoms with Crippen LogP contribution in [-0.4, -0.2) is 24.5 Å². The van der Waals surface area contributed by atoms with Crippen LogP contribution in [0.15, 0.2) is 60.7 Å². The average Bonchev–Trinajstić information content (AvgIpc) is 3.05. The fourth-order valence-corrected chi connectivity index (χ4v) is 3.56. The zero-order chi connectivity index (χ0) is 14.7. The molecule has 3 rings (SSSR count). The zero-order valence-corrected chi connectivity index (χ0v) is 12.7. The van der Waals surface area contributed by atoms with Crippen molar-refractivity contribution in [2.24, 2.45) is 11.7 Å². The number of hydrogen-bond donors (Lipinski definition) is 1. The molecule has 1 aliphatic heterocycles. The third kappa shape index (κ3) is 2.61. The van der Waals surface area contributed by atoms with E-state index in [2.05, 4.69) is 72.5 Å². The highest BCUT2D eigenvalue weighted by atomic mass is 15.1. The third-order valence-electron chi connectivity index (χ3n) is 4.87. The average molecular weight is 280 g/mol. The quantitative estimate of drug-likeness (QED) is 0.931. The summed E-state index contributed by atoms with van der Waals surface area (Å²) in [5.41, 5.74) is 9.08. The van der Waals surface area contributed by atoms with E-state index in [1.54, 1.807) is 0 Å². The summed E-state index contributed by atoms with van der Waals surface area (Å²) in [6, 6.07) is 21.1. The molecule has 2 aromatic carbocycles. The van der Waals surface area contributed by atoms with Crippen LogP contribution in [0.1, 0.15) is 24.5 Å². The number of hydrogen-bond acceptors (Lipinski definition) is 2. The van der Waals surface area contributed by atoms with Crippen molar-refractivity contribution < 1.29 is 0 Å². The molecule has 2 nitrogen and oxygen atoms in total. The van der Waals surface area contributed by atoms with E-state index >= 15 is 0 Å². The molecule has 0 aliphatic carbocycles. The van der Waals surface area contributed by atoms with E-state index in [-0.39, 0.29) is 0 Å². The summed E-state index contributed by atoms with van der Waals surface area (Å²) >= 11 is 0. The minimum absolute atomic E-state index is 0.396. The predicted molar refractivity (Wildman–Crippen MR) is 88.1 cm³/mol. The molecule has 0 radical (unpaired) electrons. The maximum absolute atomic E-state index is 7.04. The lowest BCUT2D eigenvalue weighted by Gasteiger charge is -2.37. The summed E-state index contributed by atoms with van der Waals surface area (Å²) in [6.07, 6.45) is 1.16. The van der Waals surface area contributed by atoms with Crippen LogP contribution in [0.5, 0.6) is 0 Å². The number of nitrogens with zero attached hydrogens (tertiary/aromatic N) is 1. The Morgan fingerprint density at radius 2 is 1.52 bits per heavy atom. The monoisotopic (exact) mass is 280 g/mol. The lowest BCUT2D eigenvalue weighted by Crippen LogP contribution is -2.46. The SMILES string of the molecule is CCN1CC[C@H](C(N)(c2ccccc2)c2ccccc2)C1. The van der Waals surface area contributed by atoms with E-state index in [1.165, 1.54) is 11.1 Å². The van der Waals surface area contributed by atoms with Crippen molar-refractivity contribution in [3.63, 3.8) is 0 Å². The second-order valence-corrected chi connectivity index (χ2v) is 5.98. The molecule has 0 spiro atoms. The molecule has 0 amide bonds. The Morgan fingerprint density at radius 3 is 1.95 bits per heavy atom. The summed E-state index contributed by atoms with van der Waals surface area (Å²) in [5, 5.41) is 0. The summed E-state index contributed by atoms with van der Waals surface area (Å²) in [7, 11) is 0. The van der Waals surface area contributed by atoms with Gasteiger partial charge in [0.1, 0.15) is 0 Å². The van der Waals surface area contributed by atoms with Gasteiger partial charge in [-0.15, -0.1) is 0 Å². The lowest BCUT2D eigenvalue weighted by molar-refractivity contribution is 0.293. The van der Waals surface area contributed by atoms with Gasteiger partial charge in [-0.1, -0.05) is 67.6 Å². The van der Waals surface area contributed by atoms with Gasteiger partial charge in [-0.3, -0.25) is 0 Å². The van der Waals surface area contributed by atoms with Gasteiger partial charge in [0.2, 0.25) is 0 Å². The van der Waals surface area contributed by atoms with Crippen LogP contribution < -0.4 is 5.73 Å². The minimum Gasteiger partial charge on any atom is -0.317 e. The molecule has 1 atom stereocenters. The van der Waals surface area contributed by atoms with Crippen molar-refractivity contribution in [1.29, 1.82) is 0 Å². The van der Waals surface area contributed by atoms with Crippen molar-refractivity contribution in [3.8, 4) is 0 Å². The summed E-state index contributed by atoms with van der Waals surface area (Å²) in [4.78, 5) is 2.50. The third-order valence-corrected chi connectivity index (χ3v) is 4.87. The first kappa shape index (κ1) is 14.3. The lowest BCUT2D eigenvalue weighted by atomic mass is 9.73. The molecule has 0 aromatic heterocycles. The number of likely N-dealkylation sites (tertiary alicyclic amines) is 1. The maximum atomic E-state index is 7.04. The molecule has 1 fully saturated rings. The molecule has 0 bridgehead atoms. The largest absolute Gasteiger partial charge is 0.317 e. The van der Waals surface area contributed by atoms with Crippen molar-refractivity contribution in [2.75, 3.05) is 19.6 Å². The maximum Gasteiger partial charge on any atom is 0.0706 e. The molecular weight excluding hydrogens is 256 g/mol. The molecule has 0 unspecified atom stereocenters. The molecule has 110 valence electrons. The predicted octanol–water partition coefficient (Wildman–Crippen LogP) is 3.23. The van der Waals surface area contributed by atoms with Crippen molar-refractivity contribution >= 4 is 0 Å². The summed E-state index contributed by atoms with van der Waals surface area (Å²) < 4.78 is 0. The first-order valence-electron chi connectivity index (χ1n) is 7.87. The fourth-order valence-electron chi connectivity index (χ4n) is 3.56. The molecule has 2 heteroatoms. The Kier molecular flexibility index (Phi) is 4.09. The van der Waals surface area contributed by atoms with Gasteiger partial charge in [-0.25, -0.2) is 0 Å². The Balaban J connectivity index is 2.04. The number of rotatable bonds is 4. The van der Waals surface area contributed by atoms with E-state index in [4.69, 9.17) is 5.73 Å². The highest BCUT2D eigenvalue weighted by Crippen LogP contribution is 2.39. The van der Waals surface area contributed by atoms with Crippen molar-refractivity contribution in [1.82, 2.24) is 4.90 Å². The molecule has 1 aliphatic rings. The molecule has 2 aromatic rings. The van der Waals surface area contributed by atoms with E-state index in [0.717, 1.165) is 26.1 Å². The molecule has 21 heavy (non-hydrogen) atoms. The van der Waals surface area contributed by atoms with E-state index in [0.29, 0.717) is 5.92 Å². The number of benzene rings is 2. The van der Waals surface area contributed by atoms with Crippen molar-refractivity contribution in [3.05, 3.63) is 71.8 Å². The van der Waals surface area contributed by atoms with Gasteiger partial charge >= 0.3 is 0 Å². The smallest absolute Gasteiger partial charge is 0.0706 e. The minimum atomic E-state index is -0.396. The second kappa shape index (κ2) is 6.00. The Morgan fingerprint density at radius 1 is 1.00 bits per heavy atom. The van der Waals surface area contributed by atoms with Crippen LogP contribution in [0.25, 0.3) is 0 Å². The van der Waals surface area contributed by atoms with E-state index in [1.807, 2.05) is 0 Å². The standard InChI is InChI=1S/C19H24N2/c1-2-21-14-13-18(15-21)19(20,16-9-5-3-6-10-16)17-11-7-4-8-12-17/h3-12,18H,2,13-15,20H2,1H3/t18-/m0/s1.